The van der Waals surface area contributed by atoms with E-state index in [2.05, 4.69) is 21.5 Å². The minimum atomic E-state index is -3.62. The van der Waals surface area contributed by atoms with E-state index in [1.54, 1.807) is 18.3 Å². The van der Waals surface area contributed by atoms with E-state index in [1.807, 2.05) is 37.3 Å². The van der Waals surface area contributed by atoms with Crippen molar-refractivity contribution in [2.75, 3.05) is 19.8 Å². The number of ether oxygens (including phenoxy) is 2. The van der Waals surface area contributed by atoms with Gasteiger partial charge in [-0.1, -0.05) is 30.0 Å². The second kappa shape index (κ2) is 9.22. The molecule has 0 aliphatic carbocycles. The summed E-state index contributed by atoms with van der Waals surface area (Å²) in [5, 5.41) is 0.982. The Hall–Kier alpha value is -3.08. The van der Waals surface area contributed by atoms with Gasteiger partial charge in [-0.2, -0.15) is 4.72 Å². The van der Waals surface area contributed by atoms with Crippen LogP contribution in [0.1, 0.15) is 6.92 Å². The Bertz CT molecular complexity index is 1100. The summed E-state index contributed by atoms with van der Waals surface area (Å²) in [6.07, 6.45) is 1.70. The van der Waals surface area contributed by atoms with Gasteiger partial charge < -0.3 is 9.47 Å². The lowest BCUT2D eigenvalue weighted by Crippen LogP contribution is -2.24. The molecule has 0 spiro atoms. The summed E-state index contributed by atoms with van der Waals surface area (Å²) in [6, 6.07) is 15.7. The second-order valence-corrected chi connectivity index (χ2v) is 7.47. The molecule has 0 radical (unpaired) electrons. The summed E-state index contributed by atoms with van der Waals surface area (Å²) < 4.78 is 37.9. The molecule has 0 bridgehead atoms. The quantitative estimate of drug-likeness (QED) is 0.621. The third-order valence-corrected chi connectivity index (χ3v) is 5.23. The second-order valence-electron chi connectivity index (χ2n) is 5.70. The van der Waals surface area contributed by atoms with E-state index >= 15 is 0 Å². The molecule has 6 nitrogen and oxygen atoms in total. The number of nitrogens with one attached hydrogen (secondary N) is 1. The summed E-state index contributed by atoms with van der Waals surface area (Å²) in [5.41, 5.74) is 0.767. The third kappa shape index (κ3) is 5.00. The van der Waals surface area contributed by atoms with Crippen LogP contribution in [-0.2, 0) is 10.0 Å². The Morgan fingerprint density at radius 1 is 1.00 bits per heavy atom. The highest BCUT2D eigenvalue weighted by Crippen LogP contribution is 2.22. The van der Waals surface area contributed by atoms with Crippen molar-refractivity contribution >= 4 is 20.9 Å². The molecule has 1 heterocycles. The minimum absolute atomic E-state index is 0.00725. The first kappa shape index (κ1) is 19.7. The van der Waals surface area contributed by atoms with Gasteiger partial charge in [0.1, 0.15) is 23.6 Å². The fourth-order valence-electron chi connectivity index (χ4n) is 2.52. The summed E-state index contributed by atoms with van der Waals surface area (Å²) in [6.45, 7) is 2.52. The van der Waals surface area contributed by atoms with Crippen LogP contribution >= 0.6 is 0 Å². The minimum Gasteiger partial charge on any atom is -0.494 e. The number of para-hydroxylation sites is 1. The van der Waals surface area contributed by atoms with E-state index in [1.165, 1.54) is 12.1 Å². The van der Waals surface area contributed by atoms with Crippen LogP contribution in [-0.4, -0.2) is 33.2 Å². The molecule has 0 saturated heterocycles. The lowest BCUT2D eigenvalue weighted by molar-refractivity contribution is 0.340. The zero-order chi connectivity index (χ0) is 19.8. The molecule has 7 heteroatoms. The highest BCUT2D eigenvalue weighted by molar-refractivity contribution is 7.89. The SMILES string of the molecule is CCOc1ccc(S(=O)(=O)NCC#CCOc2cccc3cccnc23)cc1. The summed E-state index contributed by atoms with van der Waals surface area (Å²) in [7, 11) is -3.62. The topological polar surface area (TPSA) is 77.5 Å². The number of pyridine rings is 1. The summed E-state index contributed by atoms with van der Waals surface area (Å²) >= 11 is 0. The van der Waals surface area contributed by atoms with E-state index in [9.17, 15) is 8.42 Å². The van der Waals surface area contributed by atoms with Crippen molar-refractivity contribution in [1.82, 2.24) is 9.71 Å². The molecule has 0 amide bonds. The van der Waals surface area contributed by atoms with Crippen LogP contribution in [0.4, 0.5) is 0 Å². The molecule has 0 saturated carbocycles. The lowest BCUT2D eigenvalue weighted by atomic mass is 10.2. The van der Waals surface area contributed by atoms with Crippen LogP contribution in [0.25, 0.3) is 10.9 Å². The molecule has 1 aromatic heterocycles. The zero-order valence-electron chi connectivity index (χ0n) is 15.4. The predicted octanol–water partition coefficient (Wildman–Crippen LogP) is 2.99. The van der Waals surface area contributed by atoms with Crippen LogP contribution in [0.15, 0.2) is 65.7 Å². The van der Waals surface area contributed by atoms with Crippen molar-refractivity contribution in [2.45, 2.75) is 11.8 Å². The maximum atomic E-state index is 12.2. The maximum absolute atomic E-state index is 12.2. The van der Waals surface area contributed by atoms with Gasteiger partial charge in [-0.05, 0) is 43.3 Å². The Labute approximate surface area is 164 Å². The number of benzene rings is 2. The van der Waals surface area contributed by atoms with Crippen molar-refractivity contribution in [2.24, 2.45) is 0 Å². The fourth-order valence-corrected chi connectivity index (χ4v) is 3.44. The highest BCUT2D eigenvalue weighted by Gasteiger charge is 2.12. The number of hydrogen-bond donors (Lipinski definition) is 1. The molecule has 1 N–H and O–H groups in total. The number of nitrogens with zero attached hydrogens (tertiary/aromatic N) is 1. The molecule has 0 aliphatic rings. The number of rotatable bonds is 7. The van der Waals surface area contributed by atoms with Gasteiger partial charge >= 0.3 is 0 Å². The normalized spacial score (nSPS) is 10.9. The van der Waals surface area contributed by atoms with Gasteiger partial charge in [-0.15, -0.1) is 0 Å². The molecule has 0 fully saturated rings. The Kier molecular flexibility index (Phi) is 6.48. The number of hydrogen-bond acceptors (Lipinski definition) is 5. The first-order valence-electron chi connectivity index (χ1n) is 8.75. The van der Waals surface area contributed by atoms with Crippen LogP contribution < -0.4 is 14.2 Å². The van der Waals surface area contributed by atoms with Crippen molar-refractivity contribution in [3.05, 3.63) is 60.8 Å². The molecule has 3 rings (SSSR count). The summed E-state index contributed by atoms with van der Waals surface area (Å²) in [5.74, 6) is 6.82. The summed E-state index contributed by atoms with van der Waals surface area (Å²) in [4.78, 5) is 4.47. The molecular weight excluding hydrogens is 376 g/mol. The van der Waals surface area contributed by atoms with Gasteiger partial charge in [-0.3, -0.25) is 4.98 Å². The van der Waals surface area contributed by atoms with E-state index < -0.39 is 10.0 Å². The van der Waals surface area contributed by atoms with Crippen LogP contribution in [0, 0.1) is 11.8 Å². The monoisotopic (exact) mass is 396 g/mol. The zero-order valence-corrected chi connectivity index (χ0v) is 16.2. The number of aromatic nitrogens is 1. The third-order valence-electron chi connectivity index (χ3n) is 3.82. The van der Waals surface area contributed by atoms with Crippen LogP contribution in [0.3, 0.4) is 0 Å². The Morgan fingerprint density at radius 2 is 1.79 bits per heavy atom. The van der Waals surface area contributed by atoms with Gasteiger partial charge in [0.05, 0.1) is 18.0 Å². The maximum Gasteiger partial charge on any atom is 0.241 e. The lowest BCUT2D eigenvalue weighted by Gasteiger charge is -2.06. The molecule has 28 heavy (non-hydrogen) atoms. The molecule has 0 unspecified atom stereocenters. The van der Waals surface area contributed by atoms with Crippen molar-refractivity contribution in [3.8, 4) is 23.3 Å². The van der Waals surface area contributed by atoms with Crippen molar-refractivity contribution in [3.63, 3.8) is 0 Å². The number of fused-ring (bicyclic) bond motifs is 1. The van der Waals surface area contributed by atoms with Gasteiger partial charge in [0, 0.05) is 11.6 Å². The van der Waals surface area contributed by atoms with Crippen LogP contribution in [0.5, 0.6) is 11.5 Å². The van der Waals surface area contributed by atoms with Crippen molar-refractivity contribution < 1.29 is 17.9 Å². The Balaban J connectivity index is 1.53. The largest absolute Gasteiger partial charge is 0.494 e. The smallest absolute Gasteiger partial charge is 0.241 e. The molecule has 3 aromatic rings. The van der Waals surface area contributed by atoms with E-state index in [4.69, 9.17) is 9.47 Å². The first-order chi connectivity index (χ1) is 13.6. The van der Waals surface area contributed by atoms with Gasteiger partial charge in [0.15, 0.2) is 0 Å². The average molecular weight is 396 g/mol. The van der Waals surface area contributed by atoms with Gasteiger partial charge in [-0.25, -0.2) is 8.42 Å². The van der Waals surface area contributed by atoms with Gasteiger partial charge in [0.25, 0.3) is 0 Å². The molecule has 2 aromatic carbocycles. The van der Waals surface area contributed by atoms with Gasteiger partial charge in [0.2, 0.25) is 10.0 Å². The van der Waals surface area contributed by atoms with E-state index in [0.29, 0.717) is 18.1 Å². The molecule has 0 aliphatic heterocycles. The number of sulfonamides is 1. The van der Waals surface area contributed by atoms with Crippen molar-refractivity contribution in [1.29, 1.82) is 0 Å². The highest BCUT2D eigenvalue weighted by atomic mass is 32.2. The Morgan fingerprint density at radius 3 is 2.57 bits per heavy atom. The average Bonchev–Trinajstić information content (AvgIpc) is 2.71. The standard InChI is InChI=1S/C21H20N2O4S/c1-2-26-18-10-12-19(13-11-18)28(24,25)23-15-3-4-16-27-20-9-5-7-17-8-6-14-22-21(17)20/h5-14,23H,2,15-16H2,1H3. The molecular formula is C21H20N2O4S. The predicted molar refractivity (Wildman–Crippen MR) is 108 cm³/mol. The molecule has 144 valence electrons. The first-order valence-corrected chi connectivity index (χ1v) is 10.2. The molecule has 0 atom stereocenters. The van der Waals surface area contributed by atoms with E-state index in [-0.39, 0.29) is 18.0 Å². The van der Waals surface area contributed by atoms with Crippen LogP contribution in [0.2, 0.25) is 0 Å². The van der Waals surface area contributed by atoms with E-state index in [0.717, 1.165) is 10.9 Å². The fraction of sp³-hybridized carbons (Fsp3) is 0.190.